The number of aryl methyl sites for hydroxylation is 2. The minimum Gasteiger partial charge on any atom is -0.497 e. The standard InChI is InChI=1S/C25H35N3O5S/c1-18-15-23(32-4)16-19(2)24(18)34(30,31)28-14-6-5-7-22(28)17-33-20(3)25(29)27-13-10-21-8-11-26-12-9-21/h8-9,11-12,15-16,20,22H,5-7,10,13-14,17H2,1-4H3,(H,27,29). The summed E-state index contributed by atoms with van der Waals surface area (Å²) in [5.74, 6) is 0.428. The van der Waals surface area contributed by atoms with Gasteiger partial charge < -0.3 is 14.8 Å². The highest BCUT2D eigenvalue weighted by molar-refractivity contribution is 7.89. The van der Waals surface area contributed by atoms with E-state index in [9.17, 15) is 13.2 Å². The summed E-state index contributed by atoms with van der Waals surface area (Å²) < 4.78 is 40.0. The highest BCUT2D eigenvalue weighted by Gasteiger charge is 2.36. The van der Waals surface area contributed by atoms with E-state index >= 15 is 0 Å². The van der Waals surface area contributed by atoms with E-state index in [0.717, 1.165) is 18.4 Å². The van der Waals surface area contributed by atoms with E-state index in [1.54, 1.807) is 56.7 Å². The van der Waals surface area contributed by atoms with Crippen LogP contribution >= 0.6 is 0 Å². The molecule has 34 heavy (non-hydrogen) atoms. The van der Waals surface area contributed by atoms with E-state index in [-0.39, 0.29) is 18.6 Å². The summed E-state index contributed by atoms with van der Waals surface area (Å²) in [7, 11) is -2.15. The molecule has 1 aromatic heterocycles. The molecule has 0 radical (unpaired) electrons. The van der Waals surface area contributed by atoms with Gasteiger partial charge in [-0.1, -0.05) is 6.42 Å². The summed E-state index contributed by atoms with van der Waals surface area (Å²) >= 11 is 0. The Bertz CT molecular complexity index is 1050. The largest absolute Gasteiger partial charge is 0.497 e. The lowest BCUT2D eigenvalue weighted by Crippen LogP contribution is -2.47. The molecule has 0 saturated carbocycles. The minimum atomic E-state index is -3.72. The first-order chi connectivity index (χ1) is 16.2. The van der Waals surface area contributed by atoms with Crippen molar-refractivity contribution in [3.63, 3.8) is 0 Å². The molecule has 0 aliphatic carbocycles. The topological polar surface area (TPSA) is 97.8 Å². The lowest BCUT2D eigenvalue weighted by Gasteiger charge is -2.35. The Morgan fingerprint density at radius 3 is 2.53 bits per heavy atom. The number of piperidine rings is 1. The maximum atomic E-state index is 13.6. The average Bonchev–Trinajstić information content (AvgIpc) is 2.82. The van der Waals surface area contributed by atoms with Crippen molar-refractivity contribution >= 4 is 15.9 Å². The van der Waals surface area contributed by atoms with E-state index in [2.05, 4.69) is 10.3 Å². The predicted octanol–water partition coefficient (Wildman–Crippen LogP) is 3.01. The van der Waals surface area contributed by atoms with Gasteiger partial charge in [0.25, 0.3) is 0 Å². The number of aromatic nitrogens is 1. The highest BCUT2D eigenvalue weighted by Crippen LogP contribution is 2.32. The van der Waals surface area contributed by atoms with Gasteiger partial charge in [-0.05, 0) is 81.0 Å². The number of carbonyl (C=O) groups excluding carboxylic acids is 1. The van der Waals surface area contributed by atoms with Crippen molar-refractivity contribution in [2.24, 2.45) is 0 Å². The van der Waals surface area contributed by atoms with Gasteiger partial charge in [0, 0.05) is 31.5 Å². The van der Waals surface area contributed by atoms with E-state index in [4.69, 9.17) is 9.47 Å². The summed E-state index contributed by atoms with van der Waals surface area (Å²) in [6.45, 7) is 6.38. The van der Waals surface area contributed by atoms with Gasteiger partial charge in [0.05, 0.1) is 18.6 Å². The fourth-order valence-electron chi connectivity index (χ4n) is 4.36. The maximum Gasteiger partial charge on any atom is 0.248 e. The molecular weight excluding hydrogens is 454 g/mol. The van der Waals surface area contributed by atoms with Crippen molar-refractivity contribution in [1.29, 1.82) is 0 Å². The Labute approximate surface area is 202 Å². The van der Waals surface area contributed by atoms with Crippen molar-refractivity contribution in [2.45, 2.75) is 63.5 Å². The van der Waals surface area contributed by atoms with E-state index in [0.29, 0.717) is 47.7 Å². The number of hydrogen-bond donors (Lipinski definition) is 1. The van der Waals surface area contributed by atoms with Crippen LogP contribution in [0.4, 0.5) is 0 Å². The third-order valence-electron chi connectivity index (χ3n) is 6.18. The summed E-state index contributed by atoms with van der Waals surface area (Å²) in [5.41, 5.74) is 2.41. The Morgan fingerprint density at radius 2 is 1.88 bits per heavy atom. The molecule has 0 bridgehead atoms. The molecule has 2 atom stereocenters. The van der Waals surface area contributed by atoms with Gasteiger partial charge >= 0.3 is 0 Å². The SMILES string of the molecule is COc1cc(C)c(S(=O)(=O)N2CCCCC2COC(C)C(=O)NCCc2ccncc2)c(C)c1. The fraction of sp³-hybridized carbons (Fsp3) is 0.520. The van der Waals surface area contributed by atoms with E-state index in [1.165, 1.54) is 0 Å². The van der Waals surface area contributed by atoms with Crippen LogP contribution in [0.5, 0.6) is 5.75 Å². The van der Waals surface area contributed by atoms with Crippen molar-refractivity contribution in [2.75, 3.05) is 26.8 Å². The lowest BCUT2D eigenvalue weighted by atomic mass is 10.1. The summed E-state index contributed by atoms with van der Waals surface area (Å²) in [5, 5.41) is 2.88. The zero-order valence-electron chi connectivity index (χ0n) is 20.4. The smallest absolute Gasteiger partial charge is 0.248 e. The molecule has 1 fully saturated rings. The second-order valence-electron chi connectivity index (χ2n) is 8.73. The van der Waals surface area contributed by atoms with Crippen molar-refractivity contribution in [1.82, 2.24) is 14.6 Å². The van der Waals surface area contributed by atoms with Crippen LogP contribution in [0.2, 0.25) is 0 Å². The van der Waals surface area contributed by atoms with Gasteiger partial charge in [0.1, 0.15) is 11.9 Å². The minimum absolute atomic E-state index is 0.173. The van der Waals surface area contributed by atoms with Crippen LogP contribution in [-0.4, -0.2) is 62.6 Å². The second kappa shape index (κ2) is 11.8. The Balaban J connectivity index is 1.62. The molecule has 2 unspecified atom stereocenters. The van der Waals surface area contributed by atoms with Crippen molar-refractivity contribution < 1.29 is 22.7 Å². The highest BCUT2D eigenvalue weighted by atomic mass is 32.2. The first kappa shape index (κ1) is 26.1. The molecule has 1 N–H and O–H groups in total. The number of ether oxygens (including phenoxy) is 2. The second-order valence-corrected chi connectivity index (χ2v) is 10.6. The molecule has 1 aliphatic rings. The molecule has 3 rings (SSSR count). The Morgan fingerprint density at radius 1 is 1.21 bits per heavy atom. The van der Waals surface area contributed by atoms with Gasteiger partial charge in [0.2, 0.25) is 15.9 Å². The van der Waals surface area contributed by atoms with Crippen LogP contribution in [-0.2, 0) is 26.0 Å². The molecule has 1 saturated heterocycles. The molecular formula is C25H35N3O5S. The first-order valence-corrected chi connectivity index (χ1v) is 13.1. The van der Waals surface area contributed by atoms with E-state index in [1.807, 2.05) is 12.1 Å². The van der Waals surface area contributed by atoms with Crippen molar-refractivity contribution in [3.8, 4) is 5.75 Å². The van der Waals surface area contributed by atoms with Crippen LogP contribution in [0.3, 0.4) is 0 Å². The number of hydrogen-bond acceptors (Lipinski definition) is 6. The molecule has 2 aromatic rings. The van der Waals surface area contributed by atoms with Crippen LogP contribution in [0.25, 0.3) is 0 Å². The average molecular weight is 490 g/mol. The van der Waals surface area contributed by atoms with Crippen molar-refractivity contribution in [3.05, 3.63) is 53.3 Å². The van der Waals surface area contributed by atoms with Crippen LogP contribution in [0.1, 0.15) is 42.9 Å². The summed E-state index contributed by atoms with van der Waals surface area (Å²) in [6.07, 6.45) is 5.90. The van der Waals surface area contributed by atoms with Gasteiger partial charge in [-0.2, -0.15) is 4.31 Å². The number of carbonyl (C=O) groups is 1. The summed E-state index contributed by atoms with van der Waals surface area (Å²) in [6, 6.07) is 7.00. The van der Waals surface area contributed by atoms with Gasteiger partial charge in [-0.3, -0.25) is 9.78 Å². The number of pyridine rings is 1. The fourth-order valence-corrected chi connectivity index (χ4v) is 6.46. The maximum absolute atomic E-state index is 13.6. The monoisotopic (exact) mass is 489 g/mol. The third kappa shape index (κ3) is 6.34. The molecule has 1 aliphatic heterocycles. The number of nitrogens with one attached hydrogen (secondary N) is 1. The van der Waals surface area contributed by atoms with Gasteiger partial charge in [0.15, 0.2) is 0 Å². The molecule has 0 spiro atoms. The number of amides is 1. The zero-order valence-corrected chi connectivity index (χ0v) is 21.2. The van der Waals surface area contributed by atoms with E-state index < -0.39 is 16.1 Å². The van der Waals surface area contributed by atoms with Crippen LogP contribution < -0.4 is 10.1 Å². The molecule has 8 nitrogen and oxygen atoms in total. The quantitative estimate of drug-likeness (QED) is 0.551. The predicted molar refractivity (Wildman–Crippen MR) is 130 cm³/mol. The zero-order chi connectivity index (χ0) is 24.7. The van der Waals surface area contributed by atoms with Crippen LogP contribution in [0, 0.1) is 13.8 Å². The lowest BCUT2D eigenvalue weighted by molar-refractivity contribution is -0.132. The number of benzene rings is 1. The Hall–Kier alpha value is -2.49. The van der Waals surface area contributed by atoms with Gasteiger partial charge in [-0.25, -0.2) is 8.42 Å². The number of sulfonamides is 1. The molecule has 186 valence electrons. The third-order valence-corrected chi connectivity index (χ3v) is 8.44. The van der Waals surface area contributed by atoms with Crippen LogP contribution in [0.15, 0.2) is 41.6 Å². The number of rotatable bonds is 10. The number of nitrogens with zero attached hydrogens (tertiary/aromatic N) is 2. The molecule has 1 amide bonds. The summed E-state index contributed by atoms with van der Waals surface area (Å²) in [4.78, 5) is 16.8. The normalized spacial score (nSPS) is 17.8. The Kier molecular flexibility index (Phi) is 9.04. The molecule has 9 heteroatoms. The molecule has 2 heterocycles. The first-order valence-electron chi connectivity index (χ1n) is 11.7. The molecule has 1 aromatic carbocycles. The van der Waals surface area contributed by atoms with Gasteiger partial charge in [-0.15, -0.1) is 0 Å². The number of methoxy groups -OCH3 is 1.